The molecule has 0 bridgehead atoms. The van der Waals surface area contributed by atoms with Crippen LogP contribution in [-0.4, -0.2) is 45.5 Å². The van der Waals surface area contributed by atoms with Crippen LogP contribution in [0.5, 0.6) is 11.8 Å². The normalized spacial score (nSPS) is 11.8. The van der Waals surface area contributed by atoms with Crippen molar-refractivity contribution in [2.45, 2.75) is 19.4 Å². The van der Waals surface area contributed by atoms with Crippen LogP contribution in [0.4, 0.5) is 0 Å². The highest BCUT2D eigenvalue weighted by Gasteiger charge is 2.26. The Morgan fingerprint density at radius 2 is 1.84 bits per heavy atom. The van der Waals surface area contributed by atoms with Crippen molar-refractivity contribution in [1.82, 2.24) is 30.2 Å². The molecule has 1 atom stereocenters. The first-order chi connectivity index (χ1) is 24.3. The molecule has 254 valence electrons. The maximum atomic E-state index is 12.7. The number of H-pyrrole nitrogens is 1. The van der Waals surface area contributed by atoms with E-state index in [1.165, 1.54) is 13.2 Å². The first-order valence-corrected chi connectivity index (χ1v) is 16.2. The number of rotatable bonds is 13. The number of benzene rings is 3. The number of aromatic nitrogens is 4. The minimum absolute atomic E-state index is 0.106. The van der Waals surface area contributed by atoms with E-state index < -0.39 is 6.29 Å². The summed E-state index contributed by atoms with van der Waals surface area (Å²) in [5, 5.41) is 6.11. The molecule has 6 rings (SSSR count). The molecule has 0 fully saturated rings. The number of hydrogen-bond acceptors (Lipinski definition) is 7. The second-order valence-electron chi connectivity index (χ2n) is 10.9. The number of nitrogens with one attached hydrogen (secondary N) is 3. The van der Waals surface area contributed by atoms with E-state index in [-0.39, 0.29) is 25.0 Å². The van der Waals surface area contributed by atoms with E-state index in [2.05, 4.69) is 25.6 Å². The molecule has 3 heterocycles. The summed E-state index contributed by atoms with van der Waals surface area (Å²) < 4.78 is 19.9. The van der Waals surface area contributed by atoms with Gasteiger partial charge in [0.25, 0.3) is 11.9 Å². The molecule has 11 nitrogen and oxygen atoms in total. The van der Waals surface area contributed by atoms with Gasteiger partial charge in [-0.2, -0.15) is 4.98 Å². The molecule has 0 spiro atoms. The van der Waals surface area contributed by atoms with Gasteiger partial charge in [0, 0.05) is 36.8 Å². The van der Waals surface area contributed by atoms with Crippen LogP contribution in [-0.2, 0) is 22.7 Å². The lowest BCUT2D eigenvalue weighted by atomic mass is 10.1. The Kier molecular flexibility index (Phi) is 10.8. The van der Waals surface area contributed by atoms with Crippen molar-refractivity contribution in [3.63, 3.8) is 0 Å². The zero-order valence-electron chi connectivity index (χ0n) is 27.0. The van der Waals surface area contributed by atoms with Crippen molar-refractivity contribution in [3.8, 4) is 17.4 Å². The standard InChI is InChI=1S/C37H32Cl2N6O5/c1-40-35(47)24-14-11-23(12-15-24)13-18-31(46)42-21-26-8-6-20-45(26)29-17-16-27(38)32(33(29)39)36(49-22-25-7-3-4-19-41-25)50-30-10-5-9-28-34(30)44-37(43-28)48-2/h3-20,36H,21-22H2,1-2H3,(H,40,47)(H,42,46)(H,43,44). The molecular formula is C37H32Cl2N6O5. The Balaban J connectivity index is 1.25. The third-order valence-corrected chi connectivity index (χ3v) is 8.42. The number of methoxy groups -OCH3 is 1. The zero-order valence-corrected chi connectivity index (χ0v) is 28.5. The van der Waals surface area contributed by atoms with Crippen molar-refractivity contribution < 1.29 is 23.8 Å². The molecule has 0 saturated carbocycles. The number of imidazole rings is 1. The topological polar surface area (TPSA) is 132 Å². The molecule has 6 aromatic rings. The van der Waals surface area contributed by atoms with Crippen LogP contribution >= 0.6 is 23.2 Å². The smallest absolute Gasteiger partial charge is 0.294 e. The Morgan fingerprint density at radius 3 is 2.60 bits per heavy atom. The number of pyridine rings is 1. The second-order valence-corrected chi connectivity index (χ2v) is 11.7. The summed E-state index contributed by atoms with van der Waals surface area (Å²) in [5.74, 6) is -0.0519. The third-order valence-electron chi connectivity index (χ3n) is 7.70. The molecule has 3 aromatic carbocycles. The number of carbonyl (C=O) groups is 2. The molecule has 13 heteroatoms. The quantitative estimate of drug-likeness (QED) is 0.0865. The number of aromatic amines is 1. The number of nitrogens with zero attached hydrogens (tertiary/aromatic N) is 3. The lowest BCUT2D eigenvalue weighted by Gasteiger charge is -2.24. The van der Waals surface area contributed by atoms with Crippen LogP contribution in [0.1, 0.15) is 39.2 Å². The van der Waals surface area contributed by atoms with Crippen LogP contribution in [0.2, 0.25) is 10.0 Å². The van der Waals surface area contributed by atoms with E-state index in [1.54, 1.807) is 61.8 Å². The molecule has 0 aliphatic carbocycles. The number of ether oxygens (including phenoxy) is 3. The molecule has 0 saturated heterocycles. The summed E-state index contributed by atoms with van der Waals surface area (Å²) in [6, 6.07) is 25.5. The van der Waals surface area contributed by atoms with Crippen molar-refractivity contribution in [2.24, 2.45) is 0 Å². The van der Waals surface area contributed by atoms with Gasteiger partial charge in [-0.3, -0.25) is 14.6 Å². The van der Waals surface area contributed by atoms with Crippen LogP contribution in [0.15, 0.2) is 103 Å². The highest BCUT2D eigenvalue weighted by Crippen LogP contribution is 2.40. The van der Waals surface area contributed by atoms with Gasteiger partial charge in [-0.15, -0.1) is 0 Å². The summed E-state index contributed by atoms with van der Waals surface area (Å²) in [7, 11) is 3.10. The minimum Gasteiger partial charge on any atom is -0.468 e. The van der Waals surface area contributed by atoms with Gasteiger partial charge in [0.1, 0.15) is 5.52 Å². The van der Waals surface area contributed by atoms with Gasteiger partial charge in [0.2, 0.25) is 12.2 Å². The predicted octanol–water partition coefficient (Wildman–Crippen LogP) is 7.05. The van der Waals surface area contributed by atoms with Gasteiger partial charge in [-0.25, -0.2) is 0 Å². The maximum Gasteiger partial charge on any atom is 0.294 e. The van der Waals surface area contributed by atoms with E-state index in [0.29, 0.717) is 55.3 Å². The lowest BCUT2D eigenvalue weighted by molar-refractivity contribution is -0.116. The Labute approximate surface area is 297 Å². The summed E-state index contributed by atoms with van der Waals surface area (Å²) in [6.45, 7) is 0.313. The van der Waals surface area contributed by atoms with Crippen molar-refractivity contribution in [1.29, 1.82) is 0 Å². The van der Waals surface area contributed by atoms with E-state index in [9.17, 15) is 9.59 Å². The molecule has 1 unspecified atom stereocenters. The fourth-order valence-corrected chi connectivity index (χ4v) is 5.80. The number of hydrogen-bond donors (Lipinski definition) is 3. The number of amides is 2. The minimum atomic E-state index is -1.07. The lowest BCUT2D eigenvalue weighted by Crippen LogP contribution is -2.22. The van der Waals surface area contributed by atoms with Gasteiger partial charge in [0.15, 0.2) is 5.75 Å². The molecular weight excluding hydrogens is 679 g/mol. The van der Waals surface area contributed by atoms with Crippen molar-refractivity contribution in [2.75, 3.05) is 14.2 Å². The summed E-state index contributed by atoms with van der Waals surface area (Å²) >= 11 is 14.0. The fraction of sp³-hybridized carbons (Fsp3) is 0.135. The zero-order chi connectivity index (χ0) is 35.0. The molecule has 2 amide bonds. The average Bonchev–Trinajstić information content (AvgIpc) is 3.80. The first kappa shape index (κ1) is 34.3. The molecule has 3 aromatic heterocycles. The molecule has 3 N–H and O–H groups in total. The predicted molar refractivity (Wildman–Crippen MR) is 192 cm³/mol. The van der Waals surface area contributed by atoms with Crippen LogP contribution in [0.3, 0.4) is 0 Å². The monoisotopic (exact) mass is 710 g/mol. The number of carbonyl (C=O) groups excluding carboxylic acids is 2. The van der Waals surface area contributed by atoms with Crippen LogP contribution in [0.25, 0.3) is 22.8 Å². The van der Waals surface area contributed by atoms with Gasteiger partial charge in [-0.05, 0) is 72.3 Å². The van der Waals surface area contributed by atoms with E-state index in [1.807, 2.05) is 53.2 Å². The number of fused-ring (bicyclic) bond motifs is 1. The molecule has 0 radical (unpaired) electrons. The Hall–Kier alpha value is -5.62. The van der Waals surface area contributed by atoms with Crippen LogP contribution < -0.4 is 20.1 Å². The summed E-state index contributed by atoms with van der Waals surface area (Å²) in [6.07, 6.45) is 5.56. The van der Waals surface area contributed by atoms with Gasteiger partial charge in [0.05, 0.1) is 52.8 Å². The number of para-hydroxylation sites is 1. The van der Waals surface area contributed by atoms with Gasteiger partial charge in [-0.1, -0.05) is 47.5 Å². The SMILES string of the molecule is CNC(=O)c1ccc(C=CC(=O)NCc2cccn2-c2ccc(Cl)c(C(OCc3ccccn3)Oc3cccc4[nH]c(OC)nc34)c2Cl)cc1. The van der Waals surface area contributed by atoms with E-state index >= 15 is 0 Å². The highest BCUT2D eigenvalue weighted by atomic mass is 35.5. The average molecular weight is 712 g/mol. The highest BCUT2D eigenvalue weighted by molar-refractivity contribution is 6.37. The molecule has 50 heavy (non-hydrogen) atoms. The fourth-order valence-electron chi connectivity index (χ4n) is 5.16. The van der Waals surface area contributed by atoms with Crippen LogP contribution in [0, 0.1) is 0 Å². The first-order valence-electron chi connectivity index (χ1n) is 15.5. The Bertz CT molecular complexity index is 2150. The Morgan fingerprint density at radius 1 is 1.00 bits per heavy atom. The molecule has 0 aliphatic heterocycles. The third kappa shape index (κ3) is 7.81. The summed E-state index contributed by atoms with van der Waals surface area (Å²) in [5.41, 5.74) is 5.00. The maximum absolute atomic E-state index is 12.7. The van der Waals surface area contributed by atoms with E-state index in [4.69, 9.17) is 37.4 Å². The van der Waals surface area contributed by atoms with Crippen molar-refractivity contribution >= 4 is 52.1 Å². The largest absolute Gasteiger partial charge is 0.468 e. The van der Waals surface area contributed by atoms with Gasteiger partial charge >= 0.3 is 0 Å². The number of halogens is 2. The van der Waals surface area contributed by atoms with Crippen molar-refractivity contribution in [3.05, 3.63) is 142 Å². The van der Waals surface area contributed by atoms with E-state index in [0.717, 1.165) is 11.3 Å². The summed E-state index contributed by atoms with van der Waals surface area (Å²) in [4.78, 5) is 36.5. The van der Waals surface area contributed by atoms with Gasteiger partial charge < -0.3 is 34.4 Å². The molecule has 0 aliphatic rings. The second kappa shape index (κ2) is 15.7.